The van der Waals surface area contributed by atoms with E-state index in [1.807, 2.05) is 30.3 Å². The number of nitrogens with one attached hydrogen (secondary N) is 1. The van der Waals surface area contributed by atoms with Crippen molar-refractivity contribution in [1.82, 2.24) is 5.32 Å². The zero-order valence-corrected chi connectivity index (χ0v) is 12.9. The standard InChI is InChI=1S/C16H17BrN2O/c1-12(15-9-10-16(17)20-15)19-14(8-5-11-18)13-6-3-2-4-7-13/h2-4,6-7,9-10,12,14,19H,5,8H2,1H3. The Balaban J connectivity index is 2.10. The maximum atomic E-state index is 8.81. The molecule has 1 aromatic heterocycles. The van der Waals surface area contributed by atoms with Crippen molar-refractivity contribution < 1.29 is 4.42 Å². The molecule has 2 atom stereocenters. The van der Waals surface area contributed by atoms with Crippen LogP contribution in [-0.4, -0.2) is 0 Å². The fourth-order valence-electron chi connectivity index (χ4n) is 2.19. The molecule has 0 saturated carbocycles. The third-order valence-corrected chi connectivity index (χ3v) is 3.64. The van der Waals surface area contributed by atoms with Crippen LogP contribution in [0.2, 0.25) is 0 Å². The van der Waals surface area contributed by atoms with Gasteiger partial charge in [-0.1, -0.05) is 30.3 Å². The molecule has 2 aromatic rings. The summed E-state index contributed by atoms with van der Waals surface area (Å²) >= 11 is 3.32. The Kier molecular flexibility index (Phi) is 5.40. The van der Waals surface area contributed by atoms with Crippen LogP contribution in [0.4, 0.5) is 0 Å². The predicted molar refractivity (Wildman–Crippen MR) is 82.0 cm³/mol. The van der Waals surface area contributed by atoms with Crippen LogP contribution >= 0.6 is 15.9 Å². The second-order valence-corrected chi connectivity index (χ2v) is 5.47. The fourth-order valence-corrected chi connectivity index (χ4v) is 2.50. The average molecular weight is 333 g/mol. The molecule has 0 spiro atoms. The van der Waals surface area contributed by atoms with Gasteiger partial charge in [-0.05, 0) is 47.0 Å². The number of halogens is 1. The third-order valence-electron chi connectivity index (χ3n) is 3.22. The van der Waals surface area contributed by atoms with Gasteiger partial charge < -0.3 is 9.73 Å². The number of hydrogen-bond donors (Lipinski definition) is 1. The lowest BCUT2D eigenvalue weighted by atomic mass is 10.0. The second kappa shape index (κ2) is 7.28. The topological polar surface area (TPSA) is 49.0 Å². The van der Waals surface area contributed by atoms with Crippen LogP contribution in [0.1, 0.15) is 43.2 Å². The maximum absolute atomic E-state index is 8.81. The molecule has 2 unspecified atom stereocenters. The first-order chi connectivity index (χ1) is 9.70. The largest absolute Gasteiger partial charge is 0.453 e. The molecule has 1 heterocycles. The molecule has 1 aromatic carbocycles. The van der Waals surface area contributed by atoms with Gasteiger partial charge in [0, 0.05) is 12.5 Å². The summed E-state index contributed by atoms with van der Waals surface area (Å²) in [6, 6.07) is 16.5. The summed E-state index contributed by atoms with van der Waals surface area (Å²) in [5, 5.41) is 12.3. The zero-order chi connectivity index (χ0) is 14.4. The van der Waals surface area contributed by atoms with Crippen LogP contribution in [0.15, 0.2) is 51.6 Å². The van der Waals surface area contributed by atoms with E-state index in [0.717, 1.165) is 16.9 Å². The highest BCUT2D eigenvalue weighted by Gasteiger charge is 2.17. The lowest BCUT2D eigenvalue weighted by molar-refractivity contribution is 0.376. The molecule has 3 nitrogen and oxygen atoms in total. The van der Waals surface area contributed by atoms with E-state index in [0.29, 0.717) is 6.42 Å². The highest BCUT2D eigenvalue weighted by atomic mass is 79.9. The molecule has 0 aliphatic carbocycles. The molecule has 0 fully saturated rings. The number of nitrogens with zero attached hydrogens (tertiary/aromatic N) is 1. The van der Waals surface area contributed by atoms with E-state index in [1.165, 1.54) is 5.56 Å². The van der Waals surface area contributed by atoms with Crippen LogP contribution in [-0.2, 0) is 0 Å². The highest BCUT2D eigenvalue weighted by Crippen LogP contribution is 2.25. The molecule has 0 saturated heterocycles. The quantitative estimate of drug-likeness (QED) is 0.831. The lowest BCUT2D eigenvalue weighted by Crippen LogP contribution is -2.24. The lowest BCUT2D eigenvalue weighted by Gasteiger charge is -2.22. The molecule has 0 aliphatic rings. The van der Waals surface area contributed by atoms with Gasteiger partial charge in [-0.15, -0.1) is 0 Å². The first-order valence-electron chi connectivity index (χ1n) is 6.64. The summed E-state index contributed by atoms with van der Waals surface area (Å²) in [5.41, 5.74) is 1.19. The SMILES string of the molecule is CC(NC(CCC#N)c1ccccc1)c1ccc(Br)o1. The zero-order valence-electron chi connectivity index (χ0n) is 11.3. The normalized spacial score (nSPS) is 13.7. The van der Waals surface area contributed by atoms with Crippen molar-refractivity contribution in [1.29, 1.82) is 5.26 Å². The van der Waals surface area contributed by atoms with Crippen LogP contribution in [0, 0.1) is 11.3 Å². The molecule has 20 heavy (non-hydrogen) atoms. The van der Waals surface area contributed by atoms with Crippen LogP contribution < -0.4 is 5.32 Å². The first kappa shape index (κ1) is 14.8. The van der Waals surface area contributed by atoms with Crippen molar-refractivity contribution in [2.24, 2.45) is 0 Å². The Labute approximate surface area is 127 Å². The van der Waals surface area contributed by atoms with E-state index in [2.05, 4.69) is 46.4 Å². The van der Waals surface area contributed by atoms with Crippen molar-refractivity contribution in [2.75, 3.05) is 0 Å². The summed E-state index contributed by atoms with van der Waals surface area (Å²) in [6.45, 7) is 2.06. The number of nitriles is 1. The Morgan fingerprint density at radius 3 is 2.60 bits per heavy atom. The Morgan fingerprint density at radius 1 is 1.25 bits per heavy atom. The van der Waals surface area contributed by atoms with Gasteiger partial charge in [0.2, 0.25) is 0 Å². The maximum Gasteiger partial charge on any atom is 0.169 e. The summed E-state index contributed by atoms with van der Waals surface area (Å²) in [4.78, 5) is 0. The van der Waals surface area contributed by atoms with Gasteiger partial charge in [-0.25, -0.2) is 0 Å². The molecule has 4 heteroatoms. The second-order valence-electron chi connectivity index (χ2n) is 4.69. The summed E-state index contributed by atoms with van der Waals surface area (Å²) in [6.07, 6.45) is 1.31. The molecule has 0 bridgehead atoms. The van der Waals surface area contributed by atoms with E-state index >= 15 is 0 Å². The smallest absolute Gasteiger partial charge is 0.169 e. The summed E-state index contributed by atoms with van der Waals surface area (Å²) in [5.74, 6) is 0.884. The van der Waals surface area contributed by atoms with E-state index in [4.69, 9.17) is 9.68 Å². The van der Waals surface area contributed by atoms with Crippen molar-refractivity contribution in [2.45, 2.75) is 31.8 Å². The number of furan rings is 1. The minimum Gasteiger partial charge on any atom is -0.453 e. The minimum absolute atomic E-state index is 0.0881. The Morgan fingerprint density at radius 2 is 2.00 bits per heavy atom. The van der Waals surface area contributed by atoms with Gasteiger partial charge in [0.05, 0.1) is 12.1 Å². The van der Waals surface area contributed by atoms with Gasteiger partial charge in [-0.2, -0.15) is 5.26 Å². The molecule has 104 valence electrons. The first-order valence-corrected chi connectivity index (χ1v) is 7.43. The summed E-state index contributed by atoms with van der Waals surface area (Å²) < 4.78 is 6.31. The minimum atomic E-state index is 0.0881. The Bertz CT molecular complexity index is 574. The molecule has 0 amide bonds. The molecule has 2 rings (SSSR count). The predicted octanol–water partition coefficient (Wildman–Crippen LogP) is 4.74. The number of hydrogen-bond acceptors (Lipinski definition) is 3. The Hall–Kier alpha value is -1.57. The van der Waals surface area contributed by atoms with Gasteiger partial charge in [-0.3, -0.25) is 0 Å². The van der Waals surface area contributed by atoms with Crippen molar-refractivity contribution in [3.8, 4) is 6.07 Å². The monoisotopic (exact) mass is 332 g/mol. The molecular weight excluding hydrogens is 316 g/mol. The van der Waals surface area contributed by atoms with E-state index in [1.54, 1.807) is 0 Å². The van der Waals surface area contributed by atoms with Gasteiger partial charge in [0.15, 0.2) is 4.67 Å². The number of rotatable bonds is 6. The molecule has 0 radical (unpaired) electrons. The van der Waals surface area contributed by atoms with E-state index in [-0.39, 0.29) is 12.1 Å². The average Bonchev–Trinajstić information content (AvgIpc) is 2.91. The third kappa shape index (κ3) is 3.96. The fraction of sp³-hybridized carbons (Fsp3) is 0.312. The van der Waals surface area contributed by atoms with Gasteiger partial charge >= 0.3 is 0 Å². The van der Waals surface area contributed by atoms with E-state index in [9.17, 15) is 0 Å². The highest BCUT2D eigenvalue weighted by molar-refractivity contribution is 9.10. The number of benzene rings is 1. The molecular formula is C16H17BrN2O. The van der Waals surface area contributed by atoms with Gasteiger partial charge in [0.25, 0.3) is 0 Å². The summed E-state index contributed by atoms with van der Waals surface area (Å²) in [7, 11) is 0. The van der Waals surface area contributed by atoms with Crippen molar-refractivity contribution >= 4 is 15.9 Å². The molecule has 1 N–H and O–H groups in total. The van der Waals surface area contributed by atoms with Crippen LogP contribution in [0.3, 0.4) is 0 Å². The van der Waals surface area contributed by atoms with E-state index < -0.39 is 0 Å². The van der Waals surface area contributed by atoms with Gasteiger partial charge in [0.1, 0.15) is 5.76 Å². The van der Waals surface area contributed by atoms with Crippen LogP contribution in [0.5, 0.6) is 0 Å². The molecule has 0 aliphatic heterocycles. The van der Waals surface area contributed by atoms with Crippen molar-refractivity contribution in [3.05, 3.63) is 58.5 Å². The van der Waals surface area contributed by atoms with Crippen LogP contribution in [0.25, 0.3) is 0 Å². The van der Waals surface area contributed by atoms with Crippen molar-refractivity contribution in [3.63, 3.8) is 0 Å².